The van der Waals surface area contributed by atoms with Crippen LogP contribution in [0.2, 0.25) is 10.0 Å². The highest BCUT2D eigenvalue weighted by molar-refractivity contribution is 6.35. The Balaban J connectivity index is 1.21. The molecule has 5 aromatic rings. The van der Waals surface area contributed by atoms with Gasteiger partial charge in [-0.25, -0.2) is 9.59 Å². The van der Waals surface area contributed by atoms with E-state index in [1.54, 1.807) is 24.3 Å². The number of fused-ring (bicyclic) bond motifs is 3. The van der Waals surface area contributed by atoms with Crippen molar-refractivity contribution in [2.45, 2.75) is 43.9 Å². The maximum absolute atomic E-state index is 13.4. The number of methoxy groups -OCH3 is 2. The number of ether oxygens (including phenoxy) is 4. The number of amides is 1. The van der Waals surface area contributed by atoms with Crippen LogP contribution >= 0.6 is 23.2 Å². The first-order valence-electron chi connectivity index (χ1n) is 18.7. The van der Waals surface area contributed by atoms with Crippen molar-refractivity contribution in [1.29, 1.82) is 0 Å². The predicted molar refractivity (Wildman–Crippen MR) is 216 cm³/mol. The highest BCUT2D eigenvalue weighted by Crippen LogP contribution is 2.40. The number of hydrogen-bond acceptors (Lipinski definition) is 8. The lowest BCUT2D eigenvalue weighted by molar-refractivity contribution is -0.605. The van der Waals surface area contributed by atoms with Gasteiger partial charge in [-0.15, -0.1) is 0 Å². The normalized spacial score (nSPS) is 18.3. The second kappa shape index (κ2) is 17.8. The zero-order valence-corrected chi connectivity index (χ0v) is 33.0. The summed E-state index contributed by atoms with van der Waals surface area (Å²) in [6.45, 7) is 2.83. The Hall–Kier alpha value is -5.49. The van der Waals surface area contributed by atoms with Gasteiger partial charge >= 0.3 is 12.1 Å². The number of nitrogens with one attached hydrogen (secondary N) is 1. The standard InChI is InChI=1S/C44H43Cl2N3O8/c1-54-38-15-14-29(21-39(38)55-2)34(22-35-36(45)23-49(53)24-37(35)46)41-31(11-7-13-33(41)43(50)51)26-56-32-12-6-10-30(20-32)42(28-8-4-3-5-9-28)47-44(52)57-40-25-48-18-16-27(40)17-19-48/h3-15,20-21,23-24,27,34,40,42H,16-19,22,25-26H2,1-2H3,(H,47,52)(H,50,51)/t34?,40-,42?/m0/s1. The summed E-state index contributed by atoms with van der Waals surface area (Å²) in [4.78, 5) is 28.7. The van der Waals surface area contributed by atoms with Crippen molar-refractivity contribution >= 4 is 35.3 Å². The van der Waals surface area contributed by atoms with Crippen LogP contribution in [0.4, 0.5) is 4.79 Å². The summed E-state index contributed by atoms with van der Waals surface area (Å²) in [5.41, 5.74) is 3.93. The molecule has 11 nitrogen and oxygen atoms in total. The first-order chi connectivity index (χ1) is 27.6. The molecule has 296 valence electrons. The molecule has 2 bridgehead atoms. The number of halogens is 2. The van der Waals surface area contributed by atoms with Crippen molar-refractivity contribution < 1.29 is 38.4 Å². The molecule has 3 atom stereocenters. The first-order valence-corrected chi connectivity index (χ1v) is 19.5. The molecule has 3 aliphatic heterocycles. The highest BCUT2D eigenvalue weighted by Gasteiger charge is 2.37. The molecule has 57 heavy (non-hydrogen) atoms. The Kier molecular flexibility index (Phi) is 12.4. The summed E-state index contributed by atoms with van der Waals surface area (Å²) < 4.78 is 24.1. The summed E-state index contributed by atoms with van der Waals surface area (Å²) in [5, 5.41) is 26.1. The van der Waals surface area contributed by atoms with E-state index in [0.717, 1.165) is 43.6 Å². The van der Waals surface area contributed by atoms with Gasteiger partial charge in [-0.3, -0.25) is 4.90 Å². The van der Waals surface area contributed by atoms with E-state index in [2.05, 4.69) is 10.2 Å². The topological polar surface area (TPSA) is 134 Å². The van der Waals surface area contributed by atoms with Gasteiger partial charge in [-0.05, 0) is 96.4 Å². The Morgan fingerprint density at radius 2 is 1.58 bits per heavy atom. The van der Waals surface area contributed by atoms with Gasteiger partial charge in [0.05, 0.1) is 25.8 Å². The third kappa shape index (κ3) is 9.06. The number of carboxylic acid groups (broad SMARTS) is 1. The molecule has 0 radical (unpaired) electrons. The van der Waals surface area contributed by atoms with Gasteiger partial charge in [0.1, 0.15) is 28.5 Å². The largest absolute Gasteiger partial charge is 0.619 e. The van der Waals surface area contributed by atoms with E-state index in [0.29, 0.717) is 50.2 Å². The van der Waals surface area contributed by atoms with E-state index in [9.17, 15) is 19.9 Å². The molecular weight excluding hydrogens is 769 g/mol. The molecular formula is C44H43Cl2N3O8. The first kappa shape index (κ1) is 39.7. The summed E-state index contributed by atoms with van der Waals surface area (Å²) in [7, 11) is 3.05. The van der Waals surface area contributed by atoms with E-state index in [1.807, 2.05) is 66.7 Å². The highest BCUT2D eigenvalue weighted by atomic mass is 35.5. The van der Waals surface area contributed by atoms with Gasteiger partial charge in [-0.2, -0.15) is 4.73 Å². The number of pyridine rings is 1. The number of carbonyl (C=O) groups excluding carboxylic acids is 1. The second-order valence-electron chi connectivity index (χ2n) is 14.3. The second-order valence-corrected chi connectivity index (χ2v) is 15.1. The van der Waals surface area contributed by atoms with Crippen LogP contribution in [0.15, 0.2) is 103 Å². The van der Waals surface area contributed by atoms with E-state index in [1.165, 1.54) is 26.6 Å². The van der Waals surface area contributed by atoms with Gasteiger partial charge in [0.2, 0.25) is 0 Å². The average Bonchev–Trinajstić information content (AvgIpc) is 3.22. The number of rotatable bonds is 14. The molecule has 2 unspecified atom stereocenters. The number of aromatic carboxylic acids is 1. The molecule has 8 rings (SSSR count). The SMILES string of the molecule is COc1ccc(C(Cc2c(Cl)c[n+]([O-])cc2Cl)c2c(COc3cccc(C(NC(=O)O[C@H]4CN5CCC4CC5)c4ccccc4)c3)cccc2C(=O)O)cc1OC. The number of carbonyl (C=O) groups is 2. The lowest BCUT2D eigenvalue weighted by atomic mass is 9.81. The maximum atomic E-state index is 13.4. The van der Waals surface area contributed by atoms with Crippen LogP contribution in [0.25, 0.3) is 0 Å². The third-order valence-electron chi connectivity index (χ3n) is 10.9. The molecule has 0 spiro atoms. The number of piperidine rings is 3. The zero-order chi connectivity index (χ0) is 40.1. The van der Waals surface area contributed by atoms with Gasteiger partial charge < -0.3 is 34.6 Å². The monoisotopic (exact) mass is 811 g/mol. The minimum Gasteiger partial charge on any atom is -0.619 e. The molecule has 3 aliphatic rings. The fraction of sp³-hybridized carbons (Fsp3) is 0.295. The zero-order valence-electron chi connectivity index (χ0n) is 31.5. The summed E-state index contributed by atoms with van der Waals surface area (Å²) in [6, 6.07) is 27.0. The molecule has 1 aromatic heterocycles. The lowest BCUT2D eigenvalue weighted by Gasteiger charge is -2.43. The fourth-order valence-electron chi connectivity index (χ4n) is 8.01. The van der Waals surface area contributed by atoms with E-state index < -0.39 is 24.0 Å². The number of hydrogen-bond donors (Lipinski definition) is 2. The third-order valence-corrected chi connectivity index (χ3v) is 11.5. The van der Waals surface area contributed by atoms with E-state index >= 15 is 0 Å². The Labute approximate surface area is 341 Å². The lowest BCUT2D eigenvalue weighted by Crippen LogP contribution is -2.52. The molecule has 3 fully saturated rings. The van der Waals surface area contributed by atoms with Gasteiger partial charge in [0, 0.05) is 18.0 Å². The molecule has 1 amide bonds. The smallest absolute Gasteiger partial charge is 0.408 e. The number of alkyl carbamates (subject to hydrolysis) is 1. The molecule has 2 N–H and O–H groups in total. The molecule has 4 heterocycles. The van der Waals surface area contributed by atoms with Crippen molar-refractivity contribution in [3.8, 4) is 17.2 Å². The van der Waals surface area contributed by atoms with Crippen LogP contribution in [0.1, 0.15) is 68.5 Å². The van der Waals surface area contributed by atoms with Gasteiger partial charge in [0.15, 0.2) is 23.9 Å². The minimum absolute atomic E-state index is 0.00838. The van der Waals surface area contributed by atoms with Crippen LogP contribution in [0.3, 0.4) is 0 Å². The van der Waals surface area contributed by atoms with Gasteiger partial charge in [0.25, 0.3) is 0 Å². The molecule has 4 aromatic carbocycles. The van der Waals surface area contributed by atoms with E-state index in [4.69, 9.17) is 42.1 Å². The molecule has 3 saturated heterocycles. The Bertz CT molecular complexity index is 2210. The van der Waals surface area contributed by atoms with E-state index in [-0.39, 0.29) is 34.7 Å². The van der Waals surface area contributed by atoms with Crippen LogP contribution < -0.4 is 24.3 Å². The maximum Gasteiger partial charge on any atom is 0.408 e. The van der Waals surface area contributed by atoms with Crippen LogP contribution in [0, 0.1) is 11.1 Å². The summed E-state index contributed by atoms with van der Waals surface area (Å²) >= 11 is 13.2. The van der Waals surface area contributed by atoms with Gasteiger partial charge in [-0.1, -0.05) is 83.9 Å². The van der Waals surface area contributed by atoms with Crippen molar-refractivity contribution in [2.75, 3.05) is 33.9 Å². The van der Waals surface area contributed by atoms with Crippen molar-refractivity contribution in [1.82, 2.24) is 10.2 Å². The number of aromatic nitrogens is 1. The Morgan fingerprint density at radius 1 is 0.877 bits per heavy atom. The fourth-order valence-corrected chi connectivity index (χ4v) is 8.60. The summed E-state index contributed by atoms with van der Waals surface area (Å²) in [5.74, 6) is 0.0321. The van der Waals surface area contributed by atoms with Crippen LogP contribution in [0.5, 0.6) is 17.2 Å². The number of nitrogens with zero attached hydrogens (tertiary/aromatic N) is 2. The summed E-state index contributed by atoms with van der Waals surface area (Å²) in [6.07, 6.45) is 4.00. The minimum atomic E-state index is -1.14. The van der Waals surface area contributed by atoms with Crippen molar-refractivity contribution in [3.63, 3.8) is 0 Å². The predicted octanol–water partition coefficient (Wildman–Crippen LogP) is 8.21. The molecule has 0 aliphatic carbocycles. The van der Waals surface area contributed by atoms with Crippen molar-refractivity contribution in [2.24, 2.45) is 5.92 Å². The Morgan fingerprint density at radius 3 is 2.25 bits per heavy atom. The quantitative estimate of drug-likeness (QED) is 0.0841. The number of carboxylic acids is 1. The average molecular weight is 813 g/mol. The van der Waals surface area contributed by atoms with Crippen molar-refractivity contribution in [3.05, 3.63) is 158 Å². The van der Waals surface area contributed by atoms with Crippen LogP contribution in [-0.2, 0) is 17.8 Å². The van der Waals surface area contributed by atoms with Crippen LogP contribution in [-0.4, -0.2) is 62.0 Å². The number of benzene rings is 4. The molecule has 0 saturated carbocycles. The molecule has 13 heteroatoms.